The summed E-state index contributed by atoms with van der Waals surface area (Å²) < 4.78 is 31.4. The number of sulfonamides is 1. The average molecular weight is 298 g/mol. The fourth-order valence-corrected chi connectivity index (χ4v) is 4.00. The highest BCUT2D eigenvalue weighted by Gasteiger charge is 2.38. The quantitative estimate of drug-likeness (QED) is 0.883. The second kappa shape index (κ2) is 5.80. The Balaban J connectivity index is 2.31. The number of hydrogen-bond donors (Lipinski definition) is 1. The van der Waals surface area contributed by atoms with Gasteiger partial charge in [0.25, 0.3) is 0 Å². The molecule has 1 saturated heterocycles. The first-order valence-electron chi connectivity index (χ1n) is 6.38. The van der Waals surface area contributed by atoms with Crippen molar-refractivity contribution in [1.29, 1.82) is 0 Å². The van der Waals surface area contributed by atoms with Gasteiger partial charge in [-0.15, -0.1) is 0 Å². The molecule has 1 aromatic carbocycles. The standard InChI is InChI=1S/C13H18N2O4S/c1-14-13(16)12-4-3-9-15(12)20(17,18)11-7-5-10(19-2)6-8-11/h5-8,12H,3-4,9H2,1-2H3,(H,14,16)/t12-/m0/s1. The van der Waals surface area contributed by atoms with Gasteiger partial charge in [0.1, 0.15) is 11.8 Å². The summed E-state index contributed by atoms with van der Waals surface area (Å²) in [7, 11) is -0.619. The summed E-state index contributed by atoms with van der Waals surface area (Å²) in [5, 5.41) is 2.51. The van der Waals surface area contributed by atoms with Crippen LogP contribution in [0.15, 0.2) is 29.2 Å². The smallest absolute Gasteiger partial charge is 0.243 e. The van der Waals surface area contributed by atoms with Gasteiger partial charge in [0, 0.05) is 13.6 Å². The molecular weight excluding hydrogens is 280 g/mol. The van der Waals surface area contributed by atoms with E-state index in [9.17, 15) is 13.2 Å². The molecule has 1 N–H and O–H groups in total. The Bertz CT molecular complexity index is 583. The lowest BCUT2D eigenvalue weighted by molar-refractivity contribution is -0.123. The SMILES string of the molecule is CNC(=O)[C@@H]1CCCN1S(=O)(=O)c1ccc(OC)cc1. The number of rotatable bonds is 4. The summed E-state index contributed by atoms with van der Waals surface area (Å²) in [6.07, 6.45) is 1.24. The van der Waals surface area contributed by atoms with E-state index >= 15 is 0 Å². The number of methoxy groups -OCH3 is 1. The van der Waals surface area contributed by atoms with Gasteiger partial charge in [-0.25, -0.2) is 8.42 Å². The molecule has 20 heavy (non-hydrogen) atoms. The van der Waals surface area contributed by atoms with Crippen molar-refractivity contribution in [1.82, 2.24) is 9.62 Å². The van der Waals surface area contributed by atoms with Crippen LogP contribution in [0.3, 0.4) is 0 Å². The Morgan fingerprint density at radius 1 is 1.35 bits per heavy atom. The van der Waals surface area contributed by atoms with Crippen molar-refractivity contribution in [2.45, 2.75) is 23.8 Å². The molecule has 1 aliphatic heterocycles. The Labute approximate surface area is 118 Å². The molecule has 1 amide bonds. The number of carbonyl (C=O) groups is 1. The van der Waals surface area contributed by atoms with E-state index in [0.717, 1.165) is 0 Å². The van der Waals surface area contributed by atoms with Gasteiger partial charge in [0.2, 0.25) is 15.9 Å². The monoisotopic (exact) mass is 298 g/mol. The van der Waals surface area contributed by atoms with Gasteiger partial charge in [0.15, 0.2) is 0 Å². The van der Waals surface area contributed by atoms with Crippen LogP contribution in [0.5, 0.6) is 5.75 Å². The highest BCUT2D eigenvalue weighted by molar-refractivity contribution is 7.89. The molecule has 1 fully saturated rings. The Morgan fingerprint density at radius 3 is 2.55 bits per heavy atom. The summed E-state index contributed by atoms with van der Waals surface area (Å²) in [5.74, 6) is 0.327. The fraction of sp³-hybridized carbons (Fsp3) is 0.462. The molecule has 2 rings (SSSR count). The summed E-state index contributed by atoms with van der Waals surface area (Å²) in [6, 6.07) is 5.56. The minimum atomic E-state index is -3.65. The Hall–Kier alpha value is -1.60. The van der Waals surface area contributed by atoms with Crippen molar-refractivity contribution in [2.24, 2.45) is 0 Å². The van der Waals surface area contributed by atoms with Crippen LogP contribution in [0.1, 0.15) is 12.8 Å². The first-order valence-corrected chi connectivity index (χ1v) is 7.82. The van der Waals surface area contributed by atoms with Crippen LogP contribution in [0, 0.1) is 0 Å². The molecule has 0 spiro atoms. The average Bonchev–Trinajstić information content (AvgIpc) is 2.96. The molecule has 1 aromatic rings. The summed E-state index contributed by atoms with van der Waals surface area (Å²) in [5.41, 5.74) is 0. The van der Waals surface area contributed by atoms with Crippen LogP contribution in [0.2, 0.25) is 0 Å². The van der Waals surface area contributed by atoms with Gasteiger partial charge < -0.3 is 10.1 Å². The van der Waals surface area contributed by atoms with E-state index in [1.54, 1.807) is 12.1 Å². The maximum atomic E-state index is 12.6. The molecule has 1 heterocycles. The van der Waals surface area contributed by atoms with E-state index in [-0.39, 0.29) is 10.8 Å². The van der Waals surface area contributed by atoms with E-state index in [1.165, 1.54) is 30.6 Å². The Morgan fingerprint density at radius 2 is 2.00 bits per heavy atom. The number of amides is 1. The van der Waals surface area contributed by atoms with Crippen LogP contribution < -0.4 is 10.1 Å². The summed E-state index contributed by atoms with van der Waals surface area (Å²) in [4.78, 5) is 11.9. The molecule has 1 atom stereocenters. The van der Waals surface area contributed by atoms with Crippen LogP contribution in [0.4, 0.5) is 0 Å². The maximum Gasteiger partial charge on any atom is 0.243 e. The predicted molar refractivity (Wildman–Crippen MR) is 74.0 cm³/mol. The van der Waals surface area contributed by atoms with Crippen LogP contribution in [-0.4, -0.2) is 45.4 Å². The molecule has 0 unspecified atom stereocenters. The zero-order valence-electron chi connectivity index (χ0n) is 11.5. The van der Waals surface area contributed by atoms with Crippen LogP contribution in [0.25, 0.3) is 0 Å². The van der Waals surface area contributed by atoms with Gasteiger partial charge in [-0.1, -0.05) is 0 Å². The van der Waals surface area contributed by atoms with Crippen LogP contribution >= 0.6 is 0 Å². The third-order valence-electron chi connectivity index (χ3n) is 3.42. The first-order chi connectivity index (χ1) is 9.50. The van der Waals surface area contributed by atoms with Crippen LogP contribution in [-0.2, 0) is 14.8 Å². The van der Waals surface area contributed by atoms with Gasteiger partial charge in [-0.2, -0.15) is 4.31 Å². The minimum absolute atomic E-state index is 0.175. The van der Waals surface area contributed by atoms with Crippen molar-refractivity contribution in [2.75, 3.05) is 20.7 Å². The van der Waals surface area contributed by atoms with Gasteiger partial charge in [-0.05, 0) is 37.1 Å². The van der Waals surface area contributed by atoms with Gasteiger partial charge in [-0.3, -0.25) is 4.79 Å². The van der Waals surface area contributed by atoms with Gasteiger partial charge in [0.05, 0.1) is 12.0 Å². The van der Waals surface area contributed by atoms with Crippen molar-refractivity contribution in [3.8, 4) is 5.75 Å². The number of benzene rings is 1. The third-order valence-corrected chi connectivity index (χ3v) is 5.34. The second-order valence-electron chi connectivity index (χ2n) is 4.56. The summed E-state index contributed by atoms with van der Waals surface area (Å²) >= 11 is 0. The normalized spacial score (nSPS) is 19.8. The fourth-order valence-electron chi connectivity index (χ4n) is 2.34. The maximum absolute atomic E-state index is 12.6. The molecule has 0 aromatic heterocycles. The van der Waals surface area contributed by atoms with E-state index < -0.39 is 16.1 Å². The van der Waals surface area contributed by atoms with Crippen molar-refractivity contribution >= 4 is 15.9 Å². The van der Waals surface area contributed by atoms with E-state index in [0.29, 0.717) is 25.1 Å². The van der Waals surface area contributed by atoms with E-state index in [2.05, 4.69) is 5.32 Å². The zero-order chi connectivity index (χ0) is 14.8. The van der Waals surface area contributed by atoms with Crippen molar-refractivity contribution < 1.29 is 17.9 Å². The zero-order valence-corrected chi connectivity index (χ0v) is 12.3. The molecule has 0 bridgehead atoms. The number of carbonyl (C=O) groups excluding carboxylic acids is 1. The topological polar surface area (TPSA) is 75.7 Å². The molecule has 1 aliphatic rings. The third kappa shape index (κ3) is 2.64. The largest absolute Gasteiger partial charge is 0.497 e. The van der Waals surface area contributed by atoms with E-state index in [1.807, 2.05) is 0 Å². The number of nitrogens with zero attached hydrogens (tertiary/aromatic N) is 1. The highest BCUT2D eigenvalue weighted by Crippen LogP contribution is 2.27. The van der Waals surface area contributed by atoms with E-state index in [4.69, 9.17) is 4.74 Å². The number of nitrogens with one attached hydrogen (secondary N) is 1. The molecule has 0 aliphatic carbocycles. The van der Waals surface area contributed by atoms with Crippen molar-refractivity contribution in [3.05, 3.63) is 24.3 Å². The molecule has 0 radical (unpaired) electrons. The first kappa shape index (κ1) is 14.8. The number of ether oxygens (including phenoxy) is 1. The van der Waals surface area contributed by atoms with Crippen molar-refractivity contribution in [3.63, 3.8) is 0 Å². The lowest BCUT2D eigenvalue weighted by Crippen LogP contribution is -2.44. The molecule has 6 nitrogen and oxygen atoms in total. The summed E-state index contributed by atoms with van der Waals surface area (Å²) in [6.45, 7) is 0.368. The van der Waals surface area contributed by atoms with Gasteiger partial charge >= 0.3 is 0 Å². The Kier molecular flexibility index (Phi) is 4.29. The highest BCUT2D eigenvalue weighted by atomic mass is 32.2. The second-order valence-corrected chi connectivity index (χ2v) is 6.45. The number of likely N-dealkylation sites (N-methyl/N-ethyl adjacent to an activating group) is 1. The molecular formula is C13H18N2O4S. The minimum Gasteiger partial charge on any atom is -0.497 e. The molecule has 7 heteroatoms. The lowest BCUT2D eigenvalue weighted by atomic mass is 10.2. The predicted octanol–water partition coefficient (Wildman–Crippen LogP) is 0.594. The molecule has 0 saturated carbocycles. The lowest BCUT2D eigenvalue weighted by Gasteiger charge is -2.22. The number of hydrogen-bond acceptors (Lipinski definition) is 4. The molecule has 110 valence electrons.